The van der Waals surface area contributed by atoms with Crippen molar-refractivity contribution in [2.45, 2.75) is 84.2 Å². The Balaban J connectivity index is 3.73. The molecule has 0 aromatic rings. The van der Waals surface area contributed by atoms with Gasteiger partial charge in [-0.25, -0.2) is 0 Å². The molecule has 0 aromatic heterocycles. The molecule has 0 saturated carbocycles. The highest BCUT2D eigenvalue weighted by Gasteiger charge is 2.17. The highest BCUT2D eigenvalue weighted by molar-refractivity contribution is 5.81. The number of hydrogen-bond acceptors (Lipinski definition) is 3. The van der Waals surface area contributed by atoms with E-state index in [0.29, 0.717) is 6.42 Å². The van der Waals surface area contributed by atoms with Crippen LogP contribution in [0.4, 0.5) is 0 Å². The second-order valence-corrected chi connectivity index (χ2v) is 6.10. The van der Waals surface area contributed by atoms with Gasteiger partial charge in [0.2, 0.25) is 5.91 Å². The lowest BCUT2D eigenvalue weighted by atomic mass is 10.1. The van der Waals surface area contributed by atoms with E-state index in [-0.39, 0.29) is 19.0 Å². The molecule has 0 saturated heterocycles. The first kappa shape index (κ1) is 20.9. The largest absolute Gasteiger partial charge is 0.480 e. The summed E-state index contributed by atoms with van der Waals surface area (Å²) in [6, 6.07) is 0. The number of rotatable bonds is 14. The molecule has 0 spiro atoms. The highest BCUT2D eigenvalue weighted by Crippen LogP contribution is 2.11. The van der Waals surface area contributed by atoms with Crippen LogP contribution in [-0.2, 0) is 9.59 Å². The van der Waals surface area contributed by atoms with E-state index in [1.807, 2.05) is 0 Å². The lowest BCUT2D eigenvalue weighted by Crippen LogP contribution is -2.40. The molecule has 5 nitrogen and oxygen atoms in total. The fourth-order valence-electron chi connectivity index (χ4n) is 2.48. The molecule has 22 heavy (non-hydrogen) atoms. The van der Waals surface area contributed by atoms with E-state index in [4.69, 9.17) is 5.11 Å². The Labute approximate surface area is 134 Å². The van der Waals surface area contributed by atoms with Crippen LogP contribution in [0.3, 0.4) is 0 Å². The molecule has 0 aromatic carbocycles. The summed E-state index contributed by atoms with van der Waals surface area (Å²) in [7, 11) is 0. The fourth-order valence-corrected chi connectivity index (χ4v) is 2.48. The Kier molecular flexibility index (Phi) is 12.9. The number of hydrogen-bond donors (Lipinski definition) is 2. The quantitative estimate of drug-likeness (QED) is 0.483. The van der Waals surface area contributed by atoms with Gasteiger partial charge in [0, 0.05) is 13.0 Å². The standard InChI is InChI=1S/C17H33NO4/c1-3-4-5-6-7-8-9-10-11-12-16(20)18(13-15(2)19)14-17(21)22/h15,19H,3-14H2,1-2H3,(H,21,22). The smallest absolute Gasteiger partial charge is 0.323 e. The molecule has 1 amide bonds. The molecule has 0 radical (unpaired) electrons. The summed E-state index contributed by atoms with van der Waals surface area (Å²) < 4.78 is 0. The Morgan fingerprint density at radius 3 is 1.91 bits per heavy atom. The third-order valence-corrected chi connectivity index (χ3v) is 3.66. The molecule has 0 rings (SSSR count). The number of nitrogens with zero attached hydrogens (tertiary/aromatic N) is 1. The summed E-state index contributed by atoms with van der Waals surface area (Å²) in [6.45, 7) is 3.52. The SMILES string of the molecule is CCCCCCCCCCCC(=O)N(CC(=O)O)CC(C)O. The van der Waals surface area contributed by atoms with E-state index < -0.39 is 12.1 Å². The molecule has 0 aliphatic rings. The Bertz CT molecular complexity index is 305. The molecule has 130 valence electrons. The average molecular weight is 315 g/mol. The maximum Gasteiger partial charge on any atom is 0.323 e. The third-order valence-electron chi connectivity index (χ3n) is 3.66. The average Bonchev–Trinajstić information content (AvgIpc) is 2.43. The zero-order chi connectivity index (χ0) is 16.8. The molecular formula is C17H33NO4. The number of aliphatic hydroxyl groups is 1. The Morgan fingerprint density at radius 1 is 0.955 bits per heavy atom. The maximum absolute atomic E-state index is 12.0. The van der Waals surface area contributed by atoms with E-state index in [1.165, 1.54) is 43.4 Å². The van der Waals surface area contributed by atoms with Crippen LogP contribution in [0.25, 0.3) is 0 Å². The third kappa shape index (κ3) is 12.6. The van der Waals surface area contributed by atoms with Crippen molar-refractivity contribution < 1.29 is 19.8 Å². The summed E-state index contributed by atoms with van der Waals surface area (Å²) in [5, 5.41) is 18.1. The summed E-state index contributed by atoms with van der Waals surface area (Å²) in [4.78, 5) is 24.0. The van der Waals surface area contributed by atoms with Gasteiger partial charge in [-0.05, 0) is 13.3 Å². The van der Waals surface area contributed by atoms with Gasteiger partial charge < -0.3 is 15.1 Å². The molecule has 0 heterocycles. The van der Waals surface area contributed by atoms with Crippen LogP contribution < -0.4 is 0 Å². The van der Waals surface area contributed by atoms with Gasteiger partial charge in [0.05, 0.1) is 6.10 Å². The molecular weight excluding hydrogens is 282 g/mol. The molecule has 5 heteroatoms. The molecule has 1 atom stereocenters. The van der Waals surface area contributed by atoms with E-state index >= 15 is 0 Å². The van der Waals surface area contributed by atoms with Crippen molar-refractivity contribution in [3.05, 3.63) is 0 Å². The topological polar surface area (TPSA) is 77.8 Å². The van der Waals surface area contributed by atoms with Crippen molar-refractivity contribution in [2.24, 2.45) is 0 Å². The first-order valence-electron chi connectivity index (χ1n) is 8.65. The Hall–Kier alpha value is -1.10. The van der Waals surface area contributed by atoms with Crippen LogP contribution in [0, 0.1) is 0 Å². The zero-order valence-corrected chi connectivity index (χ0v) is 14.2. The fraction of sp³-hybridized carbons (Fsp3) is 0.882. The molecule has 0 bridgehead atoms. The van der Waals surface area contributed by atoms with Gasteiger partial charge in [-0.3, -0.25) is 9.59 Å². The minimum Gasteiger partial charge on any atom is -0.480 e. The number of aliphatic carboxylic acids is 1. The summed E-state index contributed by atoms with van der Waals surface area (Å²) in [5.41, 5.74) is 0. The van der Waals surface area contributed by atoms with Crippen molar-refractivity contribution in [3.63, 3.8) is 0 Å². The summed E-state index contributed by atoms with van der Waals surface area (Å²) >= 11 is 0. The normalized spacial score (nSPS) is 12.1. The maximum atomic E-state index is 12.0. The minimum atomic E-state index is -1.04. The van der Waals surface area contributed by atoms with Crippen LogP contribution in [-0.4, -0.2) is 46.2 Å². The first-order valence-corrected chi connectivity index (χ1v) is 8.65. The molecule has 1 unspecified atom stereocenters. The predicted octanol–water partition coefficient (Wildman–Crippen LogP) is 3.20. The van der Waals surface area contributed by atoms with Crippen molar-refractivity contribution in [2.75, 3.05) is 13.1 Å². The number of amides is 1. The van der Waals surface area contributed by atoms with E-state index in [2.05, 4.69) is 6.92 Å². The zero-order valence-electron chi connectivity index (χ0n) is 14.2. The van der Waals surface area contributed by atoms with E-state index in [1.54, 1.807) is 6.92 Å². The molecule has 0 aliphatic heterocycles. The predicted molar refractivity (Wildman–Crippen MR) is 87.7 cm³/mol. The molecule has 0 fully saturated rings. The van der Waals surface area contributed by atoms with E-state index in [9.17, 15) is 14.7 Å². The number of carboxylic acids is 1. The van der Waals surface area contributed by atoms with Gasteiger partial charge in [0.25, 0.3) is 0 Å². The minimum absolute atomic E-state index is 0.0859. The van der Waals surface area contributed by atoms with Crippen molar-refractivity contribution >= 4 is 11.9 Å². The van der Waals surface area contributed by atoms with E-state index in [0.717, 1.165) is 19.3 Å². The van der Waals surface area contributed by atoms with Crippen LogP contribution in [0.1, 0.15) is 78.1 Å². The number of aliphatic hydroxyl groups excluding tert-OH is 1. The van der Waals surface area contributed by atoms with Crippen LogP contribution in [0.2, 0.25) is 0 Å². The molecule has 0 aliphatic carbocycles. The second-order valence-electron chi connectivity index (χ2n) is 6.10. The second kappa shape index (κ2) is 13.6. The van der Waals surface area contributed by atoms with Crippen molar-refractivity contribution in [1.29, 1.82) is 0 Å². The van der Waals surface area contributed by atoms with Crippen LogP contribution in [0.5, 0.6) is 0 Å². The van der Waals surface area contributed by atoms with Crippen LogP contribution >= 0.6 is 0 Å². The monoisotopic (exact) mass is 315 g/mol. The van der Waals surface area contributed by atoms with Gasteiger partial charge in [0.1, 0.15) is 6.54 Å². The van der Waals surface area contributed by atoms with Crippen molar-refractivity contribution in [3.8, 4) is 0 Å². The van der Waals surface area contributed by atoms with Gasteiger partial charge in [-0.2, -0.15) is 0 Å². The Morgan fingerprint density at radius 2 is 1.45 bits per heavy atom. The molecule has 2 N–H and O–H groups in total. The lowest BCUT2D eigenvalue weighted by Gasteiger charge is -2.22. The summed E-state index contributed by atoms with van der Waals surface area (Å²) in [6.07, 6.45) is 10.3. The number of carbonyl (C=O) groups is 2. The highest BCUT2D eigenvalue weighted by atomic mass is 16.4. The van der Waals surface area contributed by atoms with Gasteiger partial charge in [-0.15, -0.1) is 0 Å². The lowest BCUT2D eigenvalue weighted by molar-refractivity contribution is -0.145. The van der Waals surface area contributed by atoms with Gasteiger partial charge in [-0.1, -0.05) is 58.3 Å². The first-order chi connectivity index (χ1) is 10.5. The number of carbonyl (C=O) groups excluding carboxylic acids is 1. The van der Waals surface area contributed by atoms with Gasteiger partial charge >= 0.3 is 5.97 Å². The number of unbranched alkanes of at least 4 members (excludes halogenated alkanes) is 8. The number of carboxylic acid groups (broad SMARTS) is 1. The van der Waals surface area contributed by atoms with Crippen LogP contribution in [0.15, 0.2) is 0 Å². The summed E-state index contributed by atoms with van der Waals surface area (Å²) in [5.74, 6) is -1.22. The van der Waals surface area contributed by atoms with Crippen molar-refractivity contribution in [1.82, 2.24) is 4.90 Å². The van der Waals surface area contributed by atoms with Gasteiger partial charge in [0.15, 0.2) is 0 Å².